The molecule has 3 aromatic rings. The third-order valence-corrected chi connectivity index (χ3v) is 6.45. The minimum absolute atomic E-state index is 0.337. The first-order chi connectivity index (χ1) is 17.3. The molecular weight excluding hydrogens is 468 g/mol. The Kier molecular flexibility index (Phi) is 8.44. The highest BCUT2D eigenvalue weighted by atomic mass is 16.6. The van der Waals surface area contributed by atoms with Crippen LogP contribution in [-0.2, 0) is 4.74 Å². The number of aryl methyl sites for hydroxylation is 2. The molecule has 3 aromatic carbocycles. The molecule has 1 unspecified atom stereocenters. The number of hydrogen-bond acceptors (Lipinski definition) is 6. The van der Waals surface area contributed by atoms with Gasteiger partial charge in [0.1, 0.15) is 17.1 Å². The first-order valence-corrected chi connectivity index (χ1v) is 12.5. The van der Waals surface area contributed by atoms with Crippen LogP contribution in [0.4, 0.5) is 0 Å². The van der Waals surface area contributed by atoms with Crippen LogP contribution in [0.15, 0.2) is 60.7 Å². The second kappa shape index (κ2) is 11.2. The number of esters is 2. The van der Waals surface area contributed by atoms with Crippen LogP contribution < -0.4 is 9.47 Å². The second-order valence-corrected chi connectivity index (χ2v) is 10.1. The SMILES string of the molecule is CCC(C)(C)OC(=O)c1ccc(C(=O)Oc2ccc(-c3ccc(OC(C)(O)CC)c(C)c3)cc2C)cc1. The average Bonchev–Trinajstić information content (AvgIpc) is 2.86. The molecule has 196 valence electrons. The van der Waals surface area contributed by atoms with Crippen molar-refractivity contribution in [3.63, 3.8) is 0 Å². The summed E-state index contributed by atoms with van der Waals surface area (Å²) in [4.78, 5) is 25.1. The van der Waals surface area contributed by atoms with Crippen molar-refractivity contribution in [1.82, 2.24) is 0 Å². The number of benzene rings is 3. The van der Waals surface area contributed by atoms with Crippen molar-refractivity contribution in [1.29, 1.82) is 0 Å². The third kappa shape index (κ3) is 7.20. The Morgan fingerprint density at radius 1 is 0.730 bits per heavy atom. The number of ether oxygens (including phenoxy) is 3. The second-order valence-electron chi connectivity index (χ2n) is 10.1. The molecule has 0 aliphatic heterocycles. The lowest BCUT2D eigenvalue weighted by atomic mass is 10.0. The highest BCUT2D eigenvalue weighted by Crippen LogP contribution is 2.31. The van der Waals surface area contributed by atoms with Crippen LogP contribution in [0.3, 0.4) is 0 Å². The molecule has 3 rings (SSSR count). The maximum atomic E-state index is 12.7. The summed E-state index contributed by atoms with van der Waals surface area (Å²) in [7, 11) is 0. The van der Waals surface area contributed by atoms with Gasteiger partial charge in [0.2, 0.25) is 5.79 Å². The van der Waals surface area contributed by atoms with E-state index in [4.69, 9.17) is 14.2 Å². The van der Waals surface area contributed by atoms with E-state index in [2.05, 4.69) is 0 Å². The van der Waals surface area contributed by atoms with Crippen LogP contribution in [0.2, 0.25) is 0 Å². The molecule has 0 amide bonds. The van der Waals surface area contributed by atoms with Gasteiger partial charge in [-0.1, -0.05) is 26.0 Å². The van der Waals surface area contributed by atoms with E-state index in [1.807, 2.05) is 71.9 Å². The van der Waals surface area contributed by atoms with Crippen molar-refractivity contribution in [2.45, 2.75) is 72.7 Å². The van der Waals surface area contributed by atoms with Gasteiger partial charge in [-0.05, 0) is 105 Å². The van der Waals surface area contributed by atoms with E-state index in [0.717, 1.165) is 22.3 Å². The molecule has 0 aliphatic rings. The standard InChI is InChI=1S/C31H36O6/c1-8-30(5,6)37-29(33)23-12-10-22(11-13-23)28(32)35-26-16-14-24(18-20(26)3)25-15-17-27(21(4)19-25)36-31(7,34)9-2/h10-19,34H,8-9H2,1-7H3. The number of hydrogen-bond donors (Lipinski definition) is 1. The quantitative estimate of drug-likeness (QED) is 0.191. The van der Waals surface area contributed by atoms with Gasteiger partial charge in [0.15, 0.2) is 0 Å². The van der Waals surface area contributed by atoms with Crippen molar-refractivity contribution < 1.29 is 28.9 Å². The monoisotopic (exact) mass is 504 g/mol. The van der Waals surface area contributed by atoms with Crippen molar-refractivity contribution >= 4 is 11.9 Å². The highest BCUT2D eigenvalue weighted by Gasteiger charge is 2.22. The van der Waals surface area contributed by atoms with E-state index >= 15 is 0 Å². The number of carbonyl (C=O) groups is 2. The lowest BCUT2D eigenvalue weighted by Crippen LogP contribution is -2.30. The summed E-state index contributed by atoms with van der Waals surface area (Å²) < 4.78 is 16.8. The Hall–Kier alpha value is -3.64. The van der Waals surface area contributed by atoms with Crippen LogP contribution >= 0.6 is 0 Å². The fourth-order valence-electron chi connectivity index (χ4n) is 3.48. The Morgan fingerprint density at radius 3 is 1.68 bits per heavy atom. The van der Waals surface area contributed by atoms with Crippen LogP contribution in [0.25, 0.3) is 11.1 Å². The summed E-state index contributed by atoms with van der Waals surface area (Å²) in [5, 5.41) is 10.2. The highest BCUT2D eigenvalue weighted by molar-refractivity contribution is 5.94. The molecule has 0 saturated carbocycles. The minimum atomic E-state index is -1.22. The smallest absolute Gasteiger partial charge is 0.343 e. The molecule has 6 nitrogen and oxygen atoms in total. The molecule has 0 aromatic heterocycles. The van der Waals surface area contributed by atoms with Gasteiger partial charge in [-0.15, -0.1) is 0 Å². The molecule has 0 fully saturated rings. The zero-order valence-electron chi connectivity index (χ0n) is 22.7. The number of carbonyl (C=O) groups excluding carboxylic acids is 2. The Morgan fingerprint density at radius 2 is 1.22 bits per heavy atom. The first kappa shape index (κ1) is 27.9. The van der Waals surface area contributed by atoms with Crippen molar-refractivity contribution in [2.75, 3.05) is 0 Å². The van der Waals surface area contributed by atoms with E-state index in [1.165, 1.54) is 0 Å². The van der Waals surface area contributed by atoms with Crippen molar-refractivity contribution in [2.24, 2.45) is 0 Å². The molecule has 0 bridgehead atoms. The molecular formula is C31H36O6. The first-order valence-electron chi connectivity index (χ1n) is 12.5. The van der Waals surface area contributed by atoms with Gasteiger partial charge >= 0.3 is 11.9 Å². The lowest BCUT2D eigenvalue weighted by molar-refractivity contribution is -0.123. The topological polar surface area (TPSA) is 82.1 Å². The van der Waals surface area contributed by atoms with Gasteiger partial charge in [-0.25, -0.2) is 9.59 Å². The zero-order chi connectivity index (χ0) is 27.4. The van der Waals surface area contributed by atoms with Gasteiger partial charge in [0.25, 0.3) is 0 Å². The molecule has 1 atom stereocenters. The van der Waals surface area contributed by atoms with E-state index in [0.29, 0.717) is 35.5 Å². The molecule has 37 heavy (non-hydrogen) atoms. The van der Waals surface area contributed by atoms with Crippen LogP contribution in [0.1, 0.15) is 79.3 Å². The van der Waals surface area contributed by atoms with Gasteiger partial charge in [0.05, 0.1) is 11.1 Å². The summed E-state index contributed by atoms with van der Waals surface area (Å²) in [6, 6.07) is 17.6. The Bertz CT molecular complexity index is 1270. The summed E-state index contributed by atoms with van der Waals surface area (Å²) in [5.41, 5.74) is 3.82. The van der Waals surface area contributed by atoms with Crippen molar-refractivity contribution in [3.05, 3.63) is 82.9 Å². The normalized spacial score (nSPS) is 13.0. The molecule has 6 heteroatoms. The Balaban J connectivity index is 1.70. The number of rotatable bonds is 9. The minimum Gasteiger partial charge on any atom is -0.463 e. The lowest BCUT2D eigenvalue weighted by Gasteiger charge is -2.24. The van der Waals surface area contributed by atoms with Gasteiger partial charge < -0.3 is 19.3 Å². The predicted octanol–water partition coefficient (Wildman–Crippen LogP) is 7.03. The molecule has 0 aliphatic carbocycles. The fraction of sp³-hybridized carbons (Fsp3) is 0.355. The molecule has 1 N–H and O–H groups in total. The summed E-state index contributed by atoms with van der Waals surface area (Å²) in [6.45, 7) is 13.0. The maximum absolute atomic E-state index is 12.7. The maximum Gasteiger partial charge on any atom is 0.343 e. The van der Waals surface area contributed by atoms with Crippen molar-refractivity contribution in [3.8, 4) is 22.6 Å². The van der Waals surface area contributed by atoms with Crippen LogP contribution in [0, 0.1) is 13.8 Å². The van der Waals surface area contributed by atoms with E-state index in [9.17, 15) is 14.7 Å². The predicted molar refractivity (Wildman–Crippen MR) is 144 cm³/mol. The number of aliphatic hydroxyl groups is 1. The molecule has 0 heterocycles. The molecule has 0 radical (unpaired) electrons. The fourth-order valence-corrected chi connectivity index (χ4v) is 3.48. The zero-order valence-corrected chi connectivity index (χ0v) is 22.7. The van der Waals surface area contributed by atoms with E-state index < -0.39 is 23.3 Å². The summed E-state index contributed by atoms with van der Waals surface area (Å²) >= 11 is 0. The largest absolute Gasteiger partial charge is 0.463 e. The summed E-state index contributed by atoms with van der Waals surface area (Å²) in [6.07, 6.45) is 1.17. The average molecular weight is 505 g/mol. The third-order valence-electron chi connectivity index (χ3n) is 6.45. The Labute approximate surface area is 219 Å². The van der Waals surface area contributed by atoms with Crippen LogP contribution in [-0.4, -0.2) is 28.4 Å². The summed E-state index contributed by atoms with van der Waals surface area (Å²) in [5.74, 6) is -1.07. The van der Waals surface area contributed by atoms with Crippen LogP contribution in [0.5, 0.6) is 11.5 Å². The molecule has 0 saturated heterocycles. The van der Waals surface area contributed by atoms with Gasteiger partial charge in [-0.3, -0.25) is 0 Å². The van der Waals surface area contributed by atoms with Gasteiger partial charge in [0, 0.05) is 13.3 Å². The van der Waals surface area contributed by atoms with E-state index in [1.54, 1.807) is 37.3 Å². The van der Waals surface area contributed by atoms with Gasteiger partial charge in [-0.2, -0.15) is 0 Å². The van der Waals surface area contributed by atoms with E-state index in [-0.39, 0.29) is 0 Å². The molecule has 0 spiro atoms.